The maximum absolute atomic E-state index is 13.4. The molecule has 2 aromatic carbocycles. The number of nitrogens with one attached hydrogen (secondary N) is 1. The Morgan fingerprint density at radius 1 is 1.14 bits per heavy atom. The van der Waals surface area contributed by atoms with Crippen molar-refractivity contribution in [1.82, 2.24) is 9.55 Å². The summed E-state index contributed by atoms with van der Waals surface area (Å²) in [6, 6.07) is 15.2. The van der Waals surface area contributed by atoms with Crippen LogP contribution in [0.25, 0.3) is 16.6 Å². The lowest BCUT2D eigenvalue weighted by atomic mass is 10.2. The number of nitrogens with two attached hydrogens (primary N) is 1. The van der Waals surface area contributed by atoms with Crippen LogP contribution >= 0.6 is 0 Å². The lowest BCUT2D eigenvalue weighted by molar-refractivity contribution is -0.877. The van der Waals surface area contributed by atoms with Gasteiger partial charge in [-0.25, -0.2) is 4.98 Å². The molecule has 0 radical (unpaired) electrons. The van der Waals surface area contributed by atoms with Gasteiger partial charge >= 0.3 is 0 Å². The van der Waals surface area contributed by atoms with Gasteiger partial charge in [0.15, 0.2) is 5.82 Å². The van der Waals surface area contributed by atoms with Crippen molar-refractivity contribution in [3.63, 3.8) is 0 Å². The summed E-state index contributed by atoms with van der Waals surface area (Å²) < 4.78 is 7.52. The highest BCUT2D eigenvalue weighted by atomic mass is 16.5. The van der Waals surface area contributed by atoms with Crippen molar-refractivity contribution in [1.29, 1.82) is 0 Å². The predicted octanol–water partition coefficient (Wildman–Crippen LogP) is 0.553. The largest absolute Gasteiger partial charge is 0.492 e. The lowest BCUT2D eigenvalue weighted by Crippen LogP contribution is -3.09. The van der Waals surface area contributed by atoms with Crippen molar-refractivity contribution < 1.29 is 15.0 Å². The zero-order valence-corrected chi connectivity index (χ0v) is 17.1. The molecule has 3 N–H and O–H groups in total. The highest BCUT2D eigenvalue weighted by Crippen LogP contribution is 2.24. The average Bonchev–Trinajstić information content (AvgIpc) is 2.68. The van der Waals surface area contributed by atoms with Gasteiger partial charge in [0.2, 0.25) is 0 Å². The molecular weight excluding hydrogens is 352 g/mol. The van der Waals surface area contributed by atoms with Crippen LogP contribution in [-0.4, -0.2) is 43.3 Å². The second-order valence-electron chi connectivity index (χ2n) is 7.30. The first-order chi connectivity index (χ1) is 13.5. The number of ether oxygens (including phenoxy) is 1. The van der Waals surface area contributed by atoms with Crippen molar-refractivity contribution in [3.8, 4) is 11.4 Å². The van der Waals surface area contributed by atoms with Gasteiger partial charge in [-0.05, 0) is 38.1 Å². The molecule has 1 aromatic heterocycles. The van der Waals surface area contributed by atoms with E-state index in [-0.39, 0.29) is 11.6 Å². The molecule has 6 nitrogen and oxygen atoms in total. The van der Waals surface area contributed by atoms with Gasteiger partial charge in [0.1, 0.15) is 24.9 Å². The normalized spacial score (nSPS) is 12.5. The molecule has 1 atom stereocenters. The second kappa shape index (κ2) is 8.99. The number of rotatable bonds is 8. The minimum Gasteiger partial charge on any atom is -0.492 e. The Labute approximate surface area is 165 Å². The molecule has 0 saturated carbocycles. The molecule has 0 aliphatic carbocycles. The van der Waals surface area contributed by atoms with Crippen molar-refractivity contribution in [3.05, 3.63) is 64.7 Å². The Balaban J connectivity index is 2.17. The van der Waals surface area contributed by atoms with Crippen molar-refractivity contribution >= 4 is 10.9 Å². The zero-order chi connectivity index (χ0) is 20.1. The molecule has 6 heteroatoms. The molecule has 0 aliphatic rings. The van der Waals surface area contributed by atoms with Gasteiger partial charge in [-0.2, -0.15) is 0 Å². The fourth-order valence-corrected chi connectivity index (χ4v) is 3.34. The van der Waals surface area contributed by atoms with E-state index in [9.17, 15) is 4.79 Å². The predicted molar refractivity (Wildman–Crippen MR) is 111 cm³/mol. The number of benzene rings is 2. The average molecular weight is 383 g/mol. The number of fused-ring (bicyclic) bond motifs is 1. The van der Waals surface area contributed by atoms with Crippen LogP contribution in [0.1, 0.15) is 25.7 Å². The highest BCUT2D eigenvalue weighted by molar-refractivity contribution is 5.78. The van der Waals surface area contributed by atoms with E-state index in [0.29, 0.717) is 17.7 Å². The monoisotopic (exact) mass is 382 g/mol. The summed E-state index contributed by atoms with van der Waals surface area (Å²) >= 11 is 0. The summed E-state index contributed by atoms with van der Waals surface area (Å²) in [5.41, 5.74) is 1.40. The second-order valence-corrected chi connectivity index (χ2v) is 7.30. The van der Waals surface area contributed by atoms with Gasteiger partial charge < -0.3 is 15.0 Å². The maximum Gasteiger partial charge on any atom is 0.266 e. The number of para-hydroxylation sites is 3. The molecule has 3 rings (SSSR count). The third-order valence-electron chi connectivity index (χ3n) is 4.78. The fourth-order valence-electron chi connectivity index (χ4n) is 3.34. The third kappa shape index (κ3) is 4.24. The van der Waals surface area contributed by atoms with E-state index in [1.54, 1.807) is 4.57 Å². The van der Waals surface area contributed by atoms with Crippen molar-refractivity contribution in [2.24, 2.45) is 0 Å². The van der Waals surface area contributed by atoms with E-state index in [1.807, 2.05) is 55.5 Å². The van der Waals surface area contributed by atoms with Crippen molar-refractivity contribution in [2.45, 2.75) is 19.9 Å². The molecule has 3 aromatic rings. The molecule has 0 spiro atoms. The quantitative estimate of drug-likeness (QED) is 0.598. The first-order valence-corrected chi connectivity index (χ1v) is 9.89. The van der Waals surface area contributed by atoms with Gasteiger partial charge in [-0.3, -0.25) is 9.36 Å². The van der Waals surface area contributed by atoms with E-state index in [2.05, 4.69) is 26.3 Å². The number of likely N-dealkylation sites (N-methyl/N-ethyl adjacent to an activating group) is 1. The smallest absolute Gasteiger partial charge is 0.266 e. The summed E-state index contributed by atoms with van der Waals surface area (Å²) in [7, 11) is 4.28. The molecule has 0 unspecified atom stereocenters. The van der Waals surface area contributed by atoms with Gasteiger partial charge in [0.05, 0.1) is 37.3 Å². The Morgan fingerprint density at radius 3 is 2.61 bits per heavy atom. The molecule has 148 valence electrons. The standard InChI is InChI=1S/C22H28N4O2/c1-5-28-20-13-9-8-12-19(20)26-21(16(2)23-14-15-25(3)4)24-18-11-7-6-10-17(18)22(26)27/h6-13,16,23H,5,14-15H2,1-4H3/p+2/t16-/m1/s1. The number of hydrogen-bond acceptors (Lipinski definition) is 3. The Kier molecular flexibility index (Phi) is 6.44. The number of hydrogen-bond donors (Lipinski definition) is 2. The summed E-state index contributed by atoms with van der Waals surface area (Å²) in [5, 5.41) is 2.85. The fraction of sp³-hybridized carbons (Fsp3) is 0.364. The Hall–Kier alpha value is -2.70. The minimum absolute atomic E-state index is 0.0336. The first-order valence-electron chi connectivity index (χ1n) is 9.89. The van der Waals surface area contributed by atoms with Crippen LogP contribution in [0, 0.1) is 0 Å². The van der Waals surface area contributed by atoms with Gasteiger partial charge in [0, 0.05) is 0 Å². The van der Waals surface area contributed by atoms with Gasteiger partial charge in [-0.15, -0.1) is 0 Å². The minimum atomic E-state index is -0.0637. The van der Waals surface area contributed by atoms with Crippen LogP contribution < -0.4 is 20.5 Å². The van der Waals surface area contributed by atoms with Crippen LogP contribution in [-0.2, 0) is 0 Å². The summed E-state index contributed by atoms with van der Waals surface area (Å²) in [5.74, 6) is 1.43. The first kappa shape index (κ1) is 20.0. The number of quaternary nitrogens is 2. The molecule has 0 aliphatic heterocycles. The van der Waals surface area contributed by atoms with Crippen molar-refractivity contribution in [2.75, 3.05) is 33.8 Å². The van der Waals surface area contributed by atoms with Crippen LogP contribution in [0.4, 0.5) is 0 Å². The zero-order valence-electron chi connectivity index (χ0n) is 17.1. The van der Waals surface area contributed by atoms with E-state index < -0.39 is 0 Å². The van der Waals surface area contributed by atoms with E-state index >= 15 is 0 Å². The summed E-state index contributed by atoms with van der Waals surface area (Å²) in [6.45, 7) is 6.58. The van der Waals surface area contributed by atoms with E-state index in [0.717, 1.165) is 30.1 Å². The van der Waals surface area contributed by atoms with Crippen LogP contribution in [0.3, 0.4) is 0 Å². The molecule has 0 bridgehead atoms. The third-order valence-corrected chi connectivity index (χ3v) is 4.78. The Bertz CT molecular complexity index is 997. The van der Waals surface area contributed by atoms with E-state index in [4.69, 9.17) is 9.72 Å². The molecular formula is C22H30N4O2+2. The Morgan fingerprint density at radius 2 is 1.86 bits per heavy atom. The molecule has 28 heavy (non-hydrogen) atoms. The van der Waals surface area contributed by atoms with Crippen LogP contribution in [0.15, 0.2) is 53.3 Å². The van der Waals surface area contributed by atoms with Gasteiger partial charge in [-0.1, -0.05) is 24.3 Å². The lowest BCUT2D eigenvalue weighted by Gasteiger charge is -2.19. The maximum atomic E-state index is 13.4. The molecule has 1 heterocycles. The summed E-state index contributed by atoms with van der Waals surface area (Å²) in [6.07, 6.45) is 0. The van der Waals surface area contributed by atoms with Gasteiger partial charge in [0.25, 0.3) is 5.56 Å². The molecule has 0 amide bonds. The van der Waals surface area contributed by atoms with Crippen LogP contribution in [0.2, 0.25) is 0 Å². The van der Waals surface area contributed by atoms with Crippen LogP contribution in [0.5, 0.6) is 5.75 Å². The highest BCUT2D eigenvalue weighted by Gasteiger charge is 2.22. The topological polar surface area (TPSA) is 65.2 Å². The van der Waals surface area contributed by atoms with E-state index in [1.165, 1.54) is 4.90 Å². The molecule has 0 fully saturated rings. The number of aromatic nitrogens is 2. The number of nitrogens with zero attached hydrogens (tertiary/aromatic N) is 2. The molecule has 0 saturated heterocycles. The summed E-state index contributed by atoms with van der Waals surface area (Å²) in [4.78, 5) is 19.7. The SMILES string of the molecule is CCOc1ccccc1-n1c([C@@H](C)[NH2+]CC[NH+](C)C)nc2ccccc2c1=O.